The smallest absolute Gasteiger partial charge is 0.234 e. The Morgan fingerprint density at radius 1 is 1.42 bits per heavy atom. The Hall–Kier alpha value is -0.240. The monoisotopic (exact) mass is 189 g/mol. The Labute approximate surface area is 78.7 Å². The minimum atomic E-state index is -0.0466. The molecule has 0 heterocycles. The van der Waals surface area contributed by atoms with Gasteiger partial charge in [0.1, 0.15) is 5.88 Å². The maximum absolute atomic E-state index is 10.7. The quantitative estimate of drug-likeness (QED) is 0.673. The average Bonchev–Trinajstić information content (AvgIpc) is 2.57. The van der Waals surface area contributed by atoms with Crippen molar-refractivity contribution in [2.75, 3.05) is 12.4 Å². The third-order valence-corrected chi connectivity index (χ3v) is 2.71. The predicted octanol–water partition coefficient (Wildman–Crippen LogP) is 1.92. The van der Waals surface area contributed by atoms with E-state index >= 15 is 0 Å². The lowest BCUT2D eigenvalue weighted by Crippen LogP contribution is -2.26. The first-order chi connectivity index (χ1) is 5.83. The summed E-state index contributed by atoms with van der Waals surface area (Å²) in [4.78, 5) is 10.7. The number of halogens is 1. The summed E-state index contributed by atoms with van der Waals surface area (Å²) in [6.45, 7) is 0.802. The van der Waals surface area contributed by atoms with Gasteiger partial charge < -0.3 is 5.32 Å². The SMILES string of the molecule is O=C(CCl)NCCC1CCCC1. The molecular weight excluding hydrogens is 174 g/mol. The van der Waals surface area contributed by atoms with Gasteiger partial charge in [-0.3, -0.25) is 4.79 Å². The highest BCUT2D eigenvalue weighted by Gasteiger charge is 2.14. The van der Waals surface area contributed by atoms with Gasteiger partial charge in [-0.15, -0.1) is 11.6 Å². The highest BCUT2D eigenvalue weighted by molar-refractivity contribution is 6.27. The van der Waals surface area contributed by atoms with E-state index in [0.29, 0.717) is 0 Å². The van der Waals surface area contributed by atoms with E-state index in [1.165, 1.54) is 25.7 Å². The van der Waals surface area contributed by atoms with Gasteiger partial charge in [0.05, 0.1) is 0 Å². The van der Waals surface area contributed by atoms with Gasteiger partial charge in [0.2, 0.25) is 5.91 Å². The third-order valence-electron chi connectivity index (χ3n) is 2.47. The summed E-state index contributed by atoms with van der Waals surface area (Å²) in [6.07, 6.45) is 6.55. The number of hydrogen-bond donors (Lipinski definition) is 1. The molecule has 1 saturated carbocycles. The number of hydrogen-bond acceptors (Lipinski definition) is 1. The van der Waals surface area contributed by atoms with Crippen LogP contribution in [0.4, 0.5) is 0 Å². The van der Waals surface area contributed by atoms with Crippen molar-refractivity contribution < 1.29 is 4.79 Å². The van der Waals surface area contributed by atoms with E-state index in [2.05, 4.69) is 5.32 Å². The maximum atomic E-state index is 10.7. The minimum absolute atomic E-state index is 0.0466. The average molecular weight is 190 g/mol. The van der Waals surface area contributed by atoms with Crippen LogP contribution >= 0.6 is 11.6 Å². The van der Waals surface area contributed by atoms with Crippen LogP contribution in [0.15, 0.2) is 0 Å². The Bertz CT molecular complexity index is 143. The Kier molecular flexibility index (Phi) is 4.44. The van der Waals surface area contributed by atoms with E-state index in [-0.39, 0.29) is 11.8 Å². The van der Waals surface area contributed by atoms with Crippen LogP contribution in [0.2, 0.25) is 0 Å². The molecule has 0 aromatic rings. The lowest BCUT2D eigenvalue weighted by molar-refractivity contribution is -0.118. The highest BCUT2D eigenvalue weighted by Crippen LogP contribution is 2.26. The molecule has 1 rings (SSSR count). The van der Waals surface area contributed by atoms with Gasteiger partial charge in [-0.2, -0.15) is 0 Å². The minimum Gasteiger partial charge on any atom is -0.355 e. The normalized spacial score (nSPS) is 18.1. The van der Waals surface area contributed by atoms with Gasteiger partial charge in [0, 0.05) is 6.54 Å². The first-order valence-electron chi connectivity index (χ1n) is 4.65. The Balaban J connectivity index is 1.97. The Morgan fingerprint density at radius 3 is 2.67 bits per heavy atom. The van der Waals surface area contributed by atoms with Gasteiger partial charge in [-0.1, -0.05) is 25.7 Å². The molecule has 1 aliphatic carbocycles. The van der Waals surface area contributed by atoms with Crippen LogP contribution in [-0.4, -0.2) is 18.3 Å². The molecule has 1 amide bonds. The third kappa shape index (κ3) is 3.44. The second kappa shape index (κ2) is 5.41. The number of carbonyl (C=O) groups is 1. The zero-order valence-corrected chi connectivity index (χ0v) is 8.07. The van der Waals surface area contributed by atoms with Crippen LogP contribution < -0.4 is 5.32 Å². The van der Waals surface area contributed by atoms with Crippen LogP contribution in [0.1, 0.15) is 32.1 Å². The van der Waals surface area contributed by atoms with Crippen LogP contribution in [0.25, 0.3) is 0 Å². The summed E-state index contributed by atoms with van der Waals surface area (Å²) >= 11 is 5.34. The highest BCUT2D eigenvalue weighted by atomic mass is 35.5. The van der Waals surface area contributed by atoms with Crippen molar-refractivity contribution >= 4 is 17.5 Å². The lowest BCUT2D eigenvalue weighted by atomic mass is 10.0. The molecule has 1 aliphatic rings. The van der Waals surface area contributed by atoms with Crippen molar-refractivity contribution in [3.63, 3.8) is 0 Å². The number of carbonyl (C=O) groups excluding carboxylic acids is 1. The molecule has 1 fully saturated rings. The molecule has 70 valence electrons. The largest absolute Gasteiger partial charge is 0.355 e. The molecule has 0 bridgehead atoms. The van der Waals surface area contributed by atoms with Crippen LogP contribution in [0.5, 0.6) is 0 Å². The zero-order valence-electron chi connectivity index (χ0n) is 7.31. The summed E-state index contributed by atoms with van der Waals surface area (Å²) in [5, 5.41) is 2.79. The first-order valence-corrected chi connectivity index (χ1v) is 5.19. The van der Waals surface area contributed by atoms with Crippen LogP contribution in [0.3, 0.4) is 0 Å². The summed E-state index contributed by atoms with van der Waals surface area (Å²) in [5.41, 5.74) is 0. The summed E-state index contributed by atoms with van der Waals surface area (Å²) in [6, 6.07) is 0. The van der Waals surface area contributed by atoms with E-state index in [1.807, 2.05) is 0 Å². The van der Waals surface area contributed by atoms with Crippen molar-refractivity contribution in [1.82, 2.24) is 5.32 Å². The molecule has 0 radical (unpaired) electrons. The number of amides is 1. The standard InChI is InChI=1S/C9H16ClNO/c10-7-9(12)11-6-5-8-3-1-2-4-8/h8H,1-7H2,(H,11,12). The fourth-order valence-electron chi connectivity index (χ4n) is 1.76. The maximum Gasteiger partial charge on any atom is 0.234 e. The Morgan fingerprint density at radius 2 is 2.08 bits per heavy atom. The predicted molar refractivity (Wildman–Crippen MR) is 50.3 cm³/mol. The lowest BCUT2D eigenvalue weighted by Gasteiger charge is -2.08. The van der Waals surface area contributed by atoms with Crippen molar-refractivity contribution in [2.24, 2.45) is 5.92 Å². The van der Waals surface area contributed by atoms with Gasteiger partial charge in [0.25, 0.3) is 0 Å². The molecule has 0 spiro atoms. The van der Waals surface area contributed by atoms with E-state index in [1.54, 1.807) is 0 Å². The summed E-state index contributed by atoms with van der Waals surface area (Å²) in [5.74, 6) is 0.889. The number of nitrogens with one attached hydrogen (secondary N) is 1. The fourth-order valence-corrected chi connectivity index (χ4v) is 1.86. The van der Waals surface area contributed by atoms with Crippen LogP contribution in [0, 0.1) is 5.92 Å². The molecular formula is C9H16ClNO. The van der Waals surface area contributed by atoms with Crippen molar-refractivity contribution in [2.45, 2.75) is 32.1 Å². The van der Waals surface area contributed by atoms with Crippen molar-refractivity contribution in [1.29, 1.82) is 0 Å². The van der Waals surface area contributed by atoms with Crippen molar-refractivity contribution in [3.8, 4) is 0 Å². The molecule has 0 aromatic heterocycles. The van der Waals surface area contributed by atoms with E-state index < -0.39 is 0 Å². The van der Waals surface area contributed by atoms with E-state index in [9.17, 15) is 4.79 Å². The molecule has 0 unspecified atom stereocenters. The summed E-state index contributed by atoms with van der Waals surface area (Å²) in [7, 11) is 0. The zero-order chi connectivity index (χ0) is 8.81. The van der Waals surface area contributed by atoms with Crippen LogP contribution in [-0.2, 0) is 4.79 Å². The summed E-state index contributed by atoms with van der Waals surface area (Å²) < 4.78 is 0. The van der Waals surface area contributed by atoms with Gasteiger partial charge in [0.15, 0.2) is 0 Å². The number of rotatable bonds is 4. The van der Waals surface area contributed by atoms with E-state index in [0.717, 1.165) is 18.9 Å². The molecule has 0 aromatic carbocycles. The first kappa shape index (κ1) is 9.85. The van der Waals surface area contributed by atoms with Gasteiger partial charge in [-0.05, 0) is 12.3 Å². The van der Waals surface area contributed by atoms with Gasteiger partial charge in [-0.25, -0.2) is 0 Å². The molecule has 0 aliphatic heterocycles. The van der Waals surface area contributed by atoms with Gasteiger partial charge >= 0.3 is 0 Å². The molecule has 0 atom stereocenters. The molecule has 3 heteroatoms. The number of alkyl halides is 1. The van der Waals surface area contributed by atoms with E-state index in [4.69, 9.17) is 11.6 Å². The molecule has 2 nitrogen and oxygen atoms in total. The molecule has 12 heavy (non-hydrogen) atoms. The molecule has 0 saturated heterocycles. The second-order valence-corrected chi connectivity index (χ2v) is 3.69. The van der Waals surface area contributed by atoms with Crippen molar-refractivity contribution in [3.05, 3.63) is 0 Å². The second-order valence-electron chi connectivity index (χ2n) is 3.42. The molecule has 1 N–H and O–H groups in total. The fraction of sp³-hybridized carbons (Fsp3) is 0.889. The topological polar surface area (TPSA) is 29.1 Å².